The first-order chi connectivity index (χ1) is 14.4. The zero-order chi connectivity index (χ0) is 22.1. The van der Waals surface area contributed by atoms with Gasteiger partial charge in [-0.1, -0.05) is 38.3 Å². The van der Waals surface area contributed by atoms with Gasteiger partial charge >= 0.3 is 5.97 Å². The fraction of sp³-hybridized carbons (Fsp3) is 0.458. The molecule has 160 valence electrons. The summed E-state index contributed by atoms with van der Waals surface area (Å²) in [5.74, 6) is -0.505. The number of primary amides is 1. The standard InChI is InChI=1S/C20H22N2O2.C4H9NO/c1-14-18(20(23)24)11-19(17-9-5-8-16(10-17)12-21)22(14)13-15-6-3-2-4-7-15;1-2-3-4(5)6/h5,8-11,15H,2-4,6-7,13H2,1H3,(H,23,24);2-3H2,1H3,(H2,5,6). The van der Waals surface area contributed by atoms with Gasteiger partial charge < -0.3 is 15.4 Å². The van der Waals surface area contributed by atoms with Crippen molar-refractivity contribution < 1.29 is 14.7 Å². The van der Waals surface area contributed by atoms with Gasteiger partial charge in [0.25, 0.3) is 0 Å². The lowest BCUT2D eigenvalue weighted by molar-refractivity contribution is -0.118. The Morgan fingerprint density at radius 3 is 2.47 bits per heavy atom. The smallest absolute Gasteiger partial charge is 0.337 e. The highest BCUT2D eigenvalue weighted by atomic mass is 16.4. The predicted octanol–water partition coefficient (Wildman–Crippen LogP) is 4.89. The molecule has 1 amide bonds. The molecule has 0 radical (unpaired) electrons. The topological polar surface area (TPSA) is 109 Å². The lowest BCUT2D eigenvalue weighted by Crippen LogP contribution is -2.16. The van der Waals surface area contributed by atoms with E-state index in [-0.39, 0.29) is 5.91 Å². The number of aromatic carboxylic acids is 1. The maximum absolute atomic E-state index is 11.6. The number of carboxylic acid groups (broad SMARTS) is 1. The number of carbonyl (C=O) groups is 2. The van der Waals surface area contributed by atoms with Crippen LogP contribution in [0.15, 0.2) is 30.3 Å². The van der Waals surface area contributed by atoms with Gasteiger partial charge in [0.1, 0.15) is 0 Å². The van der Waals surface area contributed by atoms with E-state index in [0.717, 1.165) is 29.9 Å². The van der Waals surface area contributed by atoms with E-state index in [1.165, 1.54) is 32.1 Å². The van der Waals surface area contributed by atoms with Gasteiger partial charge in [-0.3, -0.25) is 4.79 Å². The molecule has 1 saturated carbocycles. The van der Waals surface area contributed by atoms with Crippen molar-refractivity contribution >= 4 is 11.9 Å². The molecule has 3 N–H and O–H groups in total. The molecular formula is C24H31N3O3. The number of aromatic nitrogens is 1. The van der Waals surface area contributed by atoms with Crippen LogP contribution < -0.4 is 5.73 Å². The number of hydrogen-bond acceptors (Lipinski definition) is 3. The molecule has 1 aromatic carbocycles. The summed E-state index contributed by atoms with van der Waals surface area (Å²) in [5.41, 5.74) is 8.30. The lowest BCUT2D eigenvalue weighted by Gasteiger charge is -2.24. The third kappa shape index (κ3) is 6.21. The van der Waals surface area contributed by atoms with E-state index >= 15 is 0 Å². The van der Waals surface area contributed by atoms with Gasteiger partial charge in [0.2, 0.25) is 5.91 Å². The van der Waals surface area contributed by atoms with E-state index in [1.807, 2.05) is 32.0 Å². The number of amides is 1. The SMILES string of the molecule is CCCC(N)=O.Cc1c(C(=O)O)cc(-c2cccc(C#N)c2)n1CC1CCCCC1. The van der Waals surface area contributed by atoms with Crippen molar-refractivity contribution in [2.45, 2.75) is 65.3 Å². The normalized spacial score (nSPS) is 13.8. The molecule has 6 nitrogen and oxygen atoms in total. The van der Waals surface area contributed by atoms with E-state index in [0.29, 0.717) is 23.5 Å². The second kappa shape index (κ2) is 11.2. The van der Waals surface area contributed by atoms with Crippen LogP contribution in [0.2, 0.25) is 0 Å². The molecular weight excluding hydrogens is 378 g/mol. The molecule has 1 heterocycles. The van der Waals surface area contributed by atoms with Gasteiger partial charge in [-0.25, -0.2) is 4.79 Å². The molecule has 1 aliphatic rings. The molecule has 1 aliphatic carbocycles. The average molecular weight is 410 g/mol. The minimum absolute atomic E-state index is 0.211. The minimum Gasteiger partial charge on any atom is -0.478 e. The van der Waals surface area contributed by atoms with Crippen molar-refractivity contribution in [2.24, 2.45) is 11.7 Å². The zero-order valence-corrected chi connectivity index (χ0v) is 17.9. The second-order valence-electron chi connectivity index (χ2n) is 7.86. The molecule has 0 bridgehead atoms. The molecule has 1 aromatic heterocycles. The van der Waals surface area contributed by atoms with Gasteiger partial charge in [0, 0.05) is 24.4 Å². The number of nitriles is 1. The molecule has 0 aliphatic heterocycles. The van der Waals surface area contributed by atoms with E-state index in [1.54, 1.807) is 12.1 Å². The predicted molar refractivity (Wildman–Crippen MR) is 117 cm³/mol. The quantitative estimate of drug-likeness (QED) is 0.708. The van der Waals surface area contributed by atoms with Crippen LogP contribution in [0.25, 0.3) is 11.3 Å². The molecule has 3 rings (SSSR count). The molecule has 0 spiro atoms. The Morgan fingerprint density at radius 1 is 1.23 bits per heavy atom. The first kappa shape index (κ1) is 23.2. The first-order valence-corrected chi connectivity index (χ1v) is 10.6. The number of nitrogens with zero attached hydrogens (tertiary/aromatic N) is 2. The average Bonchev–Trinajstić information content (AvgIpc) is 3.06. The Kier molecular flexibility index (Phi) is 8.67. The van der Waals surface area contributed by atoms with Crippen LogP contribution in [-0.2, 0) is 11.3 Å². The van der Waals surface area contributed by atoms with E-state index in [9.17, 15) is 14.7 Å². The van der Waals surface area contributed by atoms with Gasteiger partial charge in [-0.05, 0) is 55.9 Å². The highest BCUT2D eigenvalue weighted by Gasteiger charge is 2.21. The number of carbonyl (C=O) groups excluding carboxylic acids is 1. The molecule has 6 heteroatoms. The van der Waals surface area contributed by atoms with Crippen LogP contribution in [0.4, 0.5) is 0 Å². The fourth-order valence-corrected chi connectivity index (χ4v) is 3.96. The monoisotopic (exact) mass is 409 g/mol. The Hall–Kier alpha value is -3.07. The Morgan fingerprint density at radius 2 is 1.93 bits per heavy atom. The van der Waals surface area contributed by atoms with Crippen molar-refractivity contribution in [3.05, 3.63) is 47.2 Å². The second-order valence-corrected chi connectivity index (χ2v) is 7.86. The Bertz CT molecular complexity index is 918. The van der Waals surface area contributed by atoms with Crippen LogP contribution in [0.5, 0.6) is 0 Å². The van der Waals surface area contributed by atoms with Crippen LogP contribution in [0.3, 0.4) is 0 Å². The first-order valence-electron chi connectivity index (χ1n) is 10.6. The molecule has 0 saturated heterocycles. The van der Waals surface area contributed by atoms with Gasteiger partial charge in [-0.15, -0.1) is 0 Å². The summed E-state index contributed by atoms with van der Waals surface area (Å²) in [6.45, 7) is 4.65. The number of nitrogens with two attached hydrogens (primary N) is 1. The highest BCUT2D eigenvalue weighted by Crippen LogP contribution is 2.31. The largest absolute Gasteiger partial charge is 0.478 e. The number of hydrogen-bond donors (Lipinski definition) is 2. The fourth-order valence-electron chi connectivity index (χ4n) is 3.96. The maximum atomic E-state index is 11.6. The summed E-state index contributed by atoms with van der Waals surface area (Å²) < 4.78 is 2.13. The lowest BCUT2D eigenvalue weighted by atomic mass is 9.89. The molecule has 0 atom stereocenters. The van der Waals surface area contributed by atoms with Gasteiger partial charge in [0.05, 0.1) is 17.2 Å². The minimum atomic E-state index is -0.896. The third-order valence-corrected chi connectivity index (χ3v) is 5.55. The van der Waals surface area contributed by atoms with Crippen molar-refractivity contribution in [3.8, 4) is 17.3 Å². The van der Waals surface area contributed by atoms with Crippen LogP contribution in [0, 0.1) is 24.2 Å². The van der Waals surface area contributed by atoms with Crippen molar-refractivity contribution in [1.29, 1.82) is 5.26 Å². The molecule has 2 aromatic rings. The van der Waals surface area contributed by atoms with Crippen molar-refractivity contribution in [3.63, 3.8) is 0 Å². The molecule has 1 fully saturated rings. The third-order valence-electron chi connectivity index (χ3n) is 5.55. The summed E-state index contributed by atoms with van der Waals surface area (Å²) in [7, 11) is 0. The highest BCUT2D eigenvalue weighted by molar-refractivity contribution is 5.91. The summed E-state index contributed by atoms with van der Waals surface area (Å²) in [6, 6.07) is 11.3. The van der Waals surface area contributed by atoms with Crippen LogP contribution in [0.1, 0.15) is 73.5 Å². The van der Waals surface area contributed by atoms with Crippen molar-refractivity contribution in [2.75, 3.05) is 0 Å². The molecule has 0 unspecified atom stereocenters. The number of benzene rings is 1. The van der Waals surface area contributed by atoms with Gasteiger partial charge in [0.15, 0.2) is 0 Å². The van der Waals surface area contributed by atoms with Crippen molar-refractivity contribution in [1.82, 2.24) is 4.57 Å². The Balaban J connectivity index is 0.000000469. The summed E-state index contributed by atoms with van der Waals surface area (Å²) >= 11 is 0. The number of rotatable bonds is 6. The zero-order valence-electron chi connectivity index (χ0n) is 17.9. The summed E-state index contributed by atoms with van der Waals surface area (Å²) in [4.78, 5) is 21.4. The van der Waals surface area contributed by atoms with Crippen LogP contribution in [-0.4, -0.2) is 21.6 Å². The maximum Gasteiger partial charge on any atom is 0.337 e. The van der Waals surface area contributed by atoms with Gasteiger partial charge in [-0.2, -0.15) is 5.26 Å². The Labute approximate surface area is 178 Å². The summed E-state index contributed by atoms with van der Waals surface area (Å²) in [6.07, 6.45) is 7.61. The van der Waals surface area contributed by atoms with E-state index < -0.39 is 5.97 Å². The van der Waals surface area contributed by atoms with E-state index in [4.69, 9.17) is 11.0 Å². The number of carboxylic acids is 1. The summed E-state index contributed by atoms with van der Waals surface area (Å²) in [5, 5.41) is 18.6. The molecule has 30 heavy (non-hydrogen) atoms. The van der Waals surface area contributed by atoms with E-state index in [2.05, 4.69) is 10.6 Å². The van der Waals surface area contributed by atoms with Crippen LogP contribution >= 0.6 is 0 Å².